The van der Waals surface area contributed by atoms with Gasteiger partial charge < -0.3 is 19.0 Å². The molecule has 0 aliphatic rings. The largest absolute Gasteiger partial charge is 0.504 e. The predicted molar refractivity (Wildman–Crippen MR) is 59.0 cm³/mol. The zero-order valence-corrected chi connectivity index (χ0v) is 10.1. The van der Waals surface area contributed by atoms with Crippen LogP contribution in [0, 0.1) is 0 Å². The summed E-state index contributed by atoms with van der Waals surface area (Å²) >= 11 is 0. The first-order valence-electron chi connectivity index (χ1n) is 4.97. The second-order valence-corrected chi connectivity index (χ2v) is 5.32. The van der Waals surface area contributed by atoms with Crippen LogP contribution in [0.3, 0.4) is 0 Å². The van der Waals surface area contributed by atoms with E-state index in [1.54, 1.807) is 6.08 Å². The third-order valence-electron chi connectivity index (χ3n) is 1.56. The molecule has 0 aromatic heterocycles. The highest BCUT2D eigenvalue weighted by Gasteiger charge is 2.38. The van der Waals surface area contributed by atoms with Crippen molar-refractivity contribution in [2.45, 2.75) is 19.9 Å². The summed E-state index contributed by atoms with van der Waals surface area (Å²) < 4.78 is 16.8. The van der Waals surface area contributed by atoms with E-state index in [1.807, 2.05) is 13.8 Å². The molecule has 0 atom stereocenters. The van der Waals surface area contributed by atoms with E-state index >= 15 is 0 Å². The lowest BCUT2D eigenvalue weighted by Crippen LogP contribution is -2.46. The van der Waals surface area contributed by atoms with Crippen molar-refractivity contribution in [2.24, 2.45) is 5.73 Å². The Morgan fingerprint density at radius 3 is 2.14 bits per heavy atom. The Kier molecular flexibility index (Phi) is 8.02. The minimum Gasteiger partial charge on any atom is -0.374 e. The molecule has 0 saturated carbocycles. The van der Waals surface area contributed by atoms with E-state index < -0.39 is 8.80 Å². The highest BCUT2D eigenvalue weighted by atomic mass is 28.4. The van der Waals surface area contributed by atoms with Crippen molar-refractivity contribution in [3.8, 4) is 0 Å². The van der Waals surface area contributed by atoms with Crippen LogP contribution < -0.4 is 5.73 Å². The van der Waals surface area contributed by atoms with Gasteiger partial charge in [-0.1, -0.05) is 6.08 Å². The Labute approximate surface area is 87.4 Å². The van der Waals surface area contributed by atoms with Crippen LogP contribution >= 0.6 is 0 Å². The van der Waals surface area contributed by atoms with Crippen LogP contribution in [0.15, 0.2) is 12.7 Å². The molecule has 0 aromatic rings. The van der Waals surface area contributed by atoms with Gasteiger partial charge in [-0.25, -0.2) is 0 Å². The normalized spacial score (nSPS) is 11.6. The van der Waals surface area contributed by atoms with Gasteiger partial charge in [-0.15, -0.1) is 6.58 Å². The van der Waals surface area contributed by atoms with E-state index in [9.17, 15) is 0 Å². The number of hydrogen-bond acceptors (Lipinski definition) is 4. The number of hydrogen-bond donors (Lipinski definition) is 1. The van der Waals surface area contributed by atoms with Gasteiger partial charge in [0.25, 0.3) is 0 Å². The van der Waals surface area contributed by atoms with Crippen molar-refractivity contribution in [2.75, 3.05) is 26.4 Å². The molecule has 0 fully saturated rings. The van der Waals surface area contributed by atoms with Gasteiger partial charge in [0.1, 0.15) is 0 Å². The van der Waals surface area contributed by atoms with Gasteiger partial charge in [0.15, 0.2) is 0 Å². The third-order valence-corrected chi connectivity index (χ3v) is 4.45. The monoisotopic (exact) mass is 219 g/mol. The molecule has 0 heterocycles. The van der Waals surface area contributed by atoms with Gasteiger partial charge in [-0.05, 0) is 13.8 Å². The molecule has 0 aliphatic heterocycles. The van der Waals surface area contributed by atoms with E-state index in [0.29, 0.717) is 32.4 Å². The van der Waals surface area contributed by atoms with Crippen LogP contribution in [0.2, 0.25) is 6.04 Å². The number of allylic oxidation sites excluding steroid dienone is 1. The van der Waals surface area contributed by atoms with Gasteiger partial charge in [-0.3, -0.25) is 0 Å². The lowest BCUT2D eigenvalue weighted by Gasteiger charge is -2.27. The van der Waals surface area contributed by atoms with E-state index in [4.69, 9.17) is 19.0 Å². The first kappa shape index (κ1) is 13.8. The molecule has 0 bridgehead atoms. The van der Waals surface area contributed by atoms with Crippen LogP contribution in [0.25, 0.3) is 0 Å². The van der Waals surface area contributed by atoms with Gasteiger partial charge in [0.2, 0.25) is 0 Å². The molecule has 0 aliphatic carbocycles. The first-order valence-corrected chi connectivity index (χ1v) is 6.90. The van der Waals surface area contributed by atoms with Crippen molar-refractivity contribution in [3.05, 3.63) is 12.7 Å². The topological polar surface area (TPSA) is 53.7 Å². The smallest absolute Gasteiger partial charge is 0.374 e. The molecule has 0 amide bonds. The van der Waals surface area contributed by atoms with Gasteiger partial charge >= 0.3 is 8.80 Å². The predicted octanol–water partition coefficient (Wildman–Crippen LogP) is 1.16. The number of nitrogens with two attached hydrogens (primary N) is 1. The van der Waals surface area contributed by atoms with E-state index in [0.717, 1.165) is 0 Å². The zero-order valence-electron chi connectivity index (χ0n) is 9.12. The standard InChI is InChI=1S/C9H21NO3Si/c1-4-9-14(11-5-2,12-6-3)13-8-7-10/h4H,1,5-10H2,2-3H3. The van der Waals surface area contributed by atoms with Crippen molar-refractivity contribution < 1.29 is 13.3 Å². The minimum absolute atomic E-state index is 0.472. The van der Waals surface area contributed by atoms with Gasteiger partial charge in [0.05, 0.1) is 6.61 Å². The second-order valence-electron chi connectivity index (χ2n) is 2.68. The fourth-order valence-electron chi connectivity index (χ4n) is 1.13. The summed E-state index contributed by atoms with van der Waals surface area (Å²) in [5.74, 6) is 0. The van der Waals surface area contributed by atoms with E-state index in [2.05, 4.69) is 6.58 Å². The van der Waals surface area contributed by atoms with Crippen molar-refractivity contribution in [3.63, 3.8) is 0 Å². The van der Waals surface area contributed by atoms with E-state index in [1.165, 1.54) is 0 Å². The maximum absolute atomic E-state index is 5.60. The quantitative estimate of drug-likeness (QED) is 0.467. The van der Waals surface area contributed by atoms with Crippen molar-refractivity contribution in [1.29, 1.82) is 0 Å². The second kappa shape index (κ2) is 8.13. The minimum atomic E-state index is -2.51. The summed E-state index contributed by atoms with van der Waals surface area (Å²) in [5, 5.41) is 0. The fraction of sp³-hybridized carbons (Fsp3) is 0.778. The van der Waals surface area contributed by atoms with Crippen LogP contribution in [0.1, 0.15) is 13.8 Å². The van der Waals surface area contributed by atoms with Crippen molar-refractivity contribution in [1.82, 2.24) is 0 Å². The fourth-order valence-corrected chi connectivity index (χ4v) is 3.40. The molecule has 0 unspecified atom stereocenters. The van der Waals surface area contributed by atoms with Crippen LogP contribution in [0.4, 0.5) is 0 Å². The Morgan fingerprint density at radius 2 is 1.79 bits per heavy atom. The Bertz CT molecular complexity index is 149. The zero-order chi connectivity index (χ0) is 10.9. The maximum atomic E-state index is 5.60. The van der Waals surface area contributed by atoms with Crippen LogP contribution in [0.5, 0.6) is 0 Å². The highest BCUT2D eigenvalue weighted by Crippen LogP contribution is 2.15. The Balaban J connectivity index is 4.28. The molecule has 0 rings (SSSR count). The average Bonchev–Trinajstić information content (AvgIpc) is 2.16. The third kappa shape index (κ3) is 4.87. The summed E-state index contributed by atoms with van der Waals surface area (Å²) in [5.41, 5.74) is 5.38. The molecule has 2 N–H and O–H groups in total. The molecule has 0 saturated heterocycles. The molecule has 0 spiro atoms. The molecule has 0 aromatic carbocycles. The maximum Gasteiger partial charge on any atom is 0.504 e. The average molecular weight is 219 g/mol. The highest BCUT2D eigenvalue weighted by molar-refractivity contribution is 6.61. The van der Waals surface area contributed by atoms with Crippen molar-refractivity contribution >= 4 is 8.80 Å². The molecule has 5 heteroatoms. The Morgan fingerprint density at radius 1 is 1.21 bits per heavy atom. The van der Waals surface area contributed by atoms with Crippen LogP contribution in [-0.4, -0.2) is 35.2 Å². The summed E-state index contributed by atoms with van der Waals surface area (Å²) in [6, 6.07) is 0.634. The Hall–Kier alpha value is -0.203. The molecular weight excluding hydrogens is 198 g/mol. The van der Waals surface area contributed by atoms with E-state index in [-0.39, 0.29) is 0 Å². The molecule has 0 radical (unpaired) electrons. The SMILES string of the molecule is C=CC[Si](OCC)(OCC)OCCN. The lowest BCUT2D eigenvalue weighted by atomic mass is 10.8. The number of rotatable bonds is 9. The van der Waals surface area contributed by atoms with Gasteiger partial charge in [-0.2, -0.15) is 0 Å². The molecule has 14 heavy (non-hydrogen) atoms. The summed E-state index contributed by atoms with van der Waals surface area (Å²) in [7, 11) is -2.51. The van der Waals surface area contributed by atoms with Gasteiger partial charge in [0, 0.05) is 25.8 Å². The summed E-state index contributed by atoms with van der Waals surface area (Å²) in [6.07, 6.45) is 1.77. The first-order chi connectivity index (χ1) is 6.74. The van der Waals surface area contributed by atoms with Crippen LogP contribution in [-0.2, 0) is 13.3 Å². The molecule has 4 nitrogen and oxygen atoms in total. The molecular formula is C9H21NO3Si. The molecule has 84 valence electrons. The summed E-state index contributed by atoms with van der Waals surface area (Å²) in [6.45, 7) is 9.66. The lowest BCUT2D eigenvalue weighted by molar-refractivity contribution is 0.0723. The summed E-state index contributed by atoms with van der Waals surface area (Å²) in [4.78, 5) is 0.